The Balaban J connectivity index is 1.93. The van der Waals surface area contributed by atoms with Gasteiger partial charge in [0.1, 0.15) is 23.9 Å². The third-order valence-electron chi connectivity index (χ3n) is 7.06. The monoisotopic (exact) mass is 571 g/mol. The summed E-state index contributed by atoms with van der Waals surface area (Å²) in [5, 5.41) is 33.3. The second-order valence-electron chi connectivity index (χ2n) is 10.6. The maximum absolute atomic E-state index is 12.3. The third kappa shape index (κ3) is 10.3. The summed E-state index contributed by atoms with van der Waals surface area (Å²) in [6.07, 6.45) is 5.52. The number of carbonyl (C=O) groups is 3. The van der Waals surface area contributed by atoms with Gasteiger partial charge in [0.2, 0.25) is 5.91 Å². The van der Waals surface area contributed by atoms with E-state index in [0.29, 0.717) is 6.42 Å². The molecule has 0 spiro atoms. The van der Waals surface area contributed by atoms with Crippen LogP contribution in [0.25, 0.3) is 0 Å². The Labute approximate surface area is 235 Å². The molecule has 220 valence electrons. The van der Waals surface area contributed by atoms with Crippen LogP contribution in [-0.2, 0) is 28.6 Å². The first-order valence-electron chi connectivity index (χ1n) is 13.2. The number of alkyl halides is 1. The number of halogens is 1. The molecule has 4 N–H and O–H groups in total. The predicted molar refractivity (Wildman–Crippen MR) is 145 cm³/mol. The van der Waals surface area contributed by atoms with E-state index >= 15 is 0 Å². The quantitative estimate of drug-likeness (QED) is 0.127. The Morgan fingerprint density at radius 2 is 1.90 bits per heavy atom. The van der Waals surface area contributed by atoms with E-state index in [-0.39, 0.29) is 48.8 Å². The minimum absolute atomic E-state index is 0.0613. The van der Waals surface area contributed by atoms with E-state index in [1.807, 2.05) is 19.9 Å². The molecule has 2 saturated heterocycles. The van der Waals surface area contributed by atoms with Gasteiger partial charge < -0.3 is 34.8 Å². The van der Waals surface area contributed by atoms with E-state index in [0.717, 1.165) is 12.0 Å². The number of rotatable bonds is 11. The molecule has 11 heteroatoms. The van der Waals surface area contributed by atoms with Gasteiger partial charge >= 0.3 is 11.9 Å². The molecule has 2 aliphatic rings. The molecule has 0 unspecified atom stereocenters. The fourth-order valence-corrected chi connectivity index (χ4v) is 5.12. The number of carbonyl (C=O) groups excluding carboxylic acids is 2. The summed E-state index contributed by atoms with van der Waals surface area (Å²) in [4.78, 5) is 34.4. The molecule has 0 saturated carbocycles. The summed E-state index contributed by atoms with van der Waals surface area (Å²) in [5.74, 6) is -1.82. The topological polar surface area (TPSA) is 152 Å². The van der Waals surface area contributed by atoms with Gasteiger partial charge in [-0.1, -0.05) is 30.7 Å². The first-order valence-corrected chi connectivity index (χ1v) is 13.8. The summed E-state index contributed by atoms with van der Waals surface area (Å²) >= 11 is 5.88. The van der Waals surface area contributed by atoms with Crippen LogP contribution in [0.3, 0.4) is 0 Å². The molecule has 39 heavy (non-hydrogen) atoms. The summed E-state index contributed by atoms with van der Waals surface area (Å²) in [7, 11) is 0. The van der Waals surface area contributed by atoms with Crippen molar-refractivity contribution in [3.63, 3.8) is 0 Å². The van der Waals surface area contributed by atoms with E-state index in [9.17, 15) is 24.6 Å². The SMILES string of the molecule is CC(=O)O[C@@H](C)C=CC(=O)N[C@@H]1C[C@H](C)[C@H](CC=C(C)C=C[C@H]2O[C@@H](CC(=O)O)C[C@@](O)(CCl)[C@@H]2O)O[C@@H]1C. The van der Waals surface area contributed by atoms with Crippen LogP contribution < -0.4 is 5.32 Å². The maximum atomic E-state index is 12.3. The van der Waals surface area contributed by atoms with E-state index in [2.05, 4.69) is 12.2 Å². The molecular formula is C28H42ClNO9. The number of esters is 1. The van der Waals surface area contributed by atoms with Crippen LogP contribution in [0.15, 0.2) is 36.0 Å². The van der Waals surface area contributed by atoms with Crippen LogP contribution >= 0.6 is 11.6 Å². The van der Waals surface area contributed by atoms with Crippen LogP contribution in [0.5, 0.6) is 0 Å². The lowest BCUT2D eigenvalue weighted by molar-refractivity contribution is -0.197. The highest BCUT2D eigenvalue weighted by molar-refractivity contribution is 6.18. The second-order valence-corrected chi connectivity index (χ2v) is 10.9. The van der Waals surface area contributed by atoms with Crippen molar-refractivity contribution in [3.8, 4) is 0 Å². The van der Waals surface area contributed by atoms with Crippen molar-refractivity contribution < 1.29 is 43.9 Å². The van der Waals surface area contributed by atoms with E-state index < -0.39 is 42.0 Å². The highest BCUT2D eigenvalue weighted by atomic mass is 35.5. The molecule has 2 fully saturated rings. The molecule has 1 amide bonds. The summed E-state index contributed by atoms with van der Waals surface area (Å²) in [6, 6.07) is -0.160. The standard InChI is InChI=1S/C28H42ClNO9/c1-16(7-10-24-27(35)28(36,15-29)14-21(39-24)13-26(33)34)6-9-23-17(2)12-22(19(4)38-23)30-25(32)11-8-18(3)37-20(5)31/h6-8,10-11,17-19,21-24,27,35-36H,9,12-15H2,1-5H3,(H,30,32)(H,33,34)/t17-,18-,19+,21-,22+,23-,24+,27+,28+/m0/s1. The summed E-state index contributed by atoms with van der Waals surface area (Å²) in [5.41, 5.74) is -0.761. The van der Waals surface area contributed by atoms with Gasteiger partial charge in [-0.05, 0) is 45.6 Å². The Hall–Kier alpha value is -2.24. The Morgan fingerprint density at radius 3 is 2.51 bits per heavy atom. The molecular weight excluding hydrogens is 530 g/mol. The number of carboxylic acid groups (broad SMARTS) is 1. The predicted octanol–water partition coefficient (Wildman–Crippen LogP) is 2.65. The van der Waals surface area contributed by atoms with Gasteiger partial charge in [-0.15, -0.1) is 11.6 Å². The minimum Gasteiger partial charge on any atom is -0.481 e. The van der Waals surface area contributed by atoms with Gasteiger partial charge in [0.05, 0.1) is 36.7 Å². The van der Waals surface area contributed by atoms with Gasteiger partial charge in [0.25, 0.3) is 0 Å². The lowest BCUT2D eigenvalue weighted by Crippen LogP contribution is -2.58. The smallest absolute Gasteiger partial charge is 0.305 e. The lowest BCUT2D eigenvalue weighted by Gasteiger charge is -2.43. The van der Waals surface area contributed by atoms with Crippen LogP contribution in [-0.4, -0.2) is 87.3 Å². The lowest BCUT2D eigenvalue weighted by atomic mass is 9.84. The maximum Gasteiger partial charge on any atom is 0.305 e. The molecule has 9 atom stereocenters. The highest BCUT2D eigenvalue weighted by Gasteiger charge is 2.47. The number of carboxylic acids is 1. The summed E-state index contributed by atoms with van der Waals surface area (Å²) < 4.78 is 16.9. The Bertz CT molecular complexity index is 951. The summed E-state index contributed by atoms with van der Waals surface area (Å²) in [6.45, 7) is 8.85. The molecule has 0 aromatic heterocycles. The molecule has 0 bridgehead atoms. The number of ether oxygens (including phenoxy) is 3. The van der Waals surface area contributed by atoms with E-state index in [1.54, 1.807) is 19.1 Å². The van der Waals surface area contributed by atoms with Crippen molar-refractivity contribution in [1.82, 2.24) is 5.32 Å². The first-order chi connectivity index (χ1) is 18.2. The normalized spacial score (nSPS) is 34.7. The molecule has 2 heterocycles. The number of hydrogen-bond donors (Lipinski definition) is 4. The minimum atomic E-state index is -1.64. The van der Waals surface area contributed by atoms with Crippen molar-refractivity contribution in [2.24, 2.45) is 5.92 Å². The first kappa shape index (κ1) is 33.0. The molecule has 0 aliphatic carbocycles. The van der Waals surface area contributed by atoms with Crippen molar-refractivity contribution in [1.29, 1.82) is 0 Å². The van der Waals surface area contributed by atoms with Gasteiger partial charge in [0.15, 0.2) is 0 Å². The molecule has 0 radical (unpaired) electrons. The number of aliphatic hydroxyl groups excluding tert-OH is 1. The molecule has 0 aromatic rings. The average molecular weight is 572 g/mol. The third-order valence-corrected chi connectivity index (χ3v) is 7.52. The zero-order valence-electron chi connectivity index (χ0n) is 23.2. The second kappa shape index (κ2) is 14.9. The number of amides is 1. The number of allylic oxidation sites excluding steroid dienone is 2. The van der Waals surface area contributed by atoms with Crippen molar-refractivity contribution in [2.45, 2.75) is 109 Å². The van der Waals surface area contributed by atoms with Crippen molar-refractivity contribution in [3.05, 3.63) is 36.0 Å². The number of aliphatic carboxylic acids is 1. The number of hydrogen-bond acceptors (Lipinski definition) is 8. The Kier molecular flexibility index (Phi) is 12.6. The average Bonchev–Trinajstić information content (AvgIpc) is 2.84. The van der Waals surface area contributed by atoms with Gasteiger partial charge in [-0.3, -0.25) is 14.4 Å². The fraction of sp³-hybridized carbons (Fsp3) is 0.679. The van der Waals surface area contributed by atoms with Gasteiger partial charge in [0, 0.05) is 19.4 Å². The van der Waals surface area contributed by atoms with E-state index in [4.69, 9.17) is 30.9 Å². The van der Waals surface area contributed by atoms with Crippen molar-refractivity contribution >= 4 is 29.4 Å². The zero-order valence-corrected chi connectivity index (χ0v) is 24.0. The molecule has 2 rings (SSSR count). The zero-order chi connectivity index (χ0) is 29.3. The van der Waals surface area contributed by atoms with Gasteiger partial charge in [-0.2, -0.15) is 0 Å². The largest absolute Gasteiger partial charge is 0.481 e. The van der Waals surface area contributed by atoms with Crippen LogP contribution in [0.1, 0.15) is 60.3 Å². The number of nitrogens with one attached hydrogen (secondary N) is 1. The number of aliphatic hydroxyl groups is 2. The highest BCUT2D eigenvalue weighted by Crippen LogP contribution is 2.33. The Morgan fingerprint density at radius 1 is 1.21 bits per heavy atom. The molecule has 0 aromatic carbocycles. The fourth-order valence-electron chi connectivity index (χ4n) is 4.85. The van der Waals surface area contributed by atoms with Crippen LogP contribution in [0.2, 0.25) is 0 Å². The van der Waals surface area contributed by atoms with Crippen LogP contribution in [0.4, 0.5) is 0 Å². The molecule has 2 aliphatic heterocycles. The van der Waals surface area contributed by atoms with Gasteiger partial charge in [-0.25, -0.2) is 0 Å². The molecule has 10 nitrogen and oxygen atoms in total. The van der Waals surface area contributed by atoms with Crippen molar-refractivity contribution in [2.75, 3.05) is 5.88 Å². The van der Waals surface area contributed by atoms with Crippen LogP contribution in [0, 0.1) is 5.92 Å². The van der Waals surface area contributed by atoms with E-state index in [1.165, 1.54) is 19.1 Å².